The fourth-order valence-corrected chi connectivity index (χ4v) is 2.99. The van der Waals surface area contributed by atoms with Crippen molar-refractivity contribution < 1.29 is 23.7 Å². The molecule has 26 heavy (non-hydrogen) atoms. The molecule has 0 atom stereocenters. The lowest BCUT2D eigenvalue weighted by Gasteiger charge is -2.10. The van der Waals surface area contributed by atoms with E-state index in [1.54, 1.807) is 32.4 Å². The van der Waals surface area contributed by atoms with Crippen molar-refractivity contribution in [3.05, 3.63) is 42.6 Å². The average Bonchev–Trinajstić information content (AvgIpc) is 3.27. The Bertz CT molecular complexity index is 979. The van der Waals surface area contributed by atoms with Gasteiger partial charge in [0.15, 0.2) is 11.5 Å². The molecule has 1 aliphatic rings. The van der Waals surface area contributed by atoms with Gasteiger partial charge in [-0.25, -0.2) is 0 Å². The maximum atomic E-state index is 12.5. The van der Waals surface area contributed by atoms with Gasteiger partial charge in [0.05, 0.1) is 19.7 Å². The number of anilines is 1. The summed E-state index contributed by atoms with van der Waals surface area (Å²) in [7, 11) is 3.21. The number of fused-ring (bicyclic) bond motifs is 2. The van der Waals surface area contributed by atoms with E-state index in [0.29, 0.717) is 28.7 Å². The summed E-state index contributed by atoms with van der Waals surface area (Å²) in [6, 6.07) is 10.9. The third-order valence-corrected chi connectivity index (χ3v) is 4.25. The van der Waals surface area contributed by atoms with Crippen LogP contribution in [0.1, 0.15) is 0 Å². The Labute approximate surface area is 150 Å². The molecule has 7 nitrogen and oxygen atoms in total. The van der Waals surface area contributed by atoms with Crippen LogP contribution in [-0.4, -0.2) is 31.5 Å². The molecule has 1 N–H and O–H groups in total. The third kappa shape index (κ3) is 2.88. The van der Waals surface area contributed by atoms with Gasteiger partial charge in [-0.3, -0.25) is 4.79 Å². The summed E-state index contributed by atoms with van der Waals surface area (Å²) in [6.45, 7) is 0.361. The maximum Gasteiger partial charge on any atom is 0.244 e. The summed E-state index contributed by atoms with van der Waals surface area (Å²) < 4.78 is 23.2. The number of nitrogens with zero attached hydrogens (tertiary/aromatic N) is 1. The van der Waals surface area contributed by atoms with Crippen LogP contribution in [0.5, 0.6) is 23.0 Å². The van der Waals surface area contributed by atoms with Gasteiger partial charge in [0.1, 0.15) is 18.0 Å². The van der Waals surface area contributed by atoms with Gasteiger partial charge in [-0.15, -0.1) is 0 Å². The van der Waals surface area contributed by atoms with Crippen molar-refractivity contribution in [2.75, 3.05) is 26.3 Å². The third-order valence-electron chi connectivity index (χ3n) is 4.25. The minimum Gasteiger partial charge on any atom is -0.497 e. The Morgan fingerprint density at radius 1 is 1.12 bits per heavy atom. The van der Waals surface area contributed by atoms with Gasteiger partial charge in [0.25, 0.3) is 0 Å². The Kier molecular flexibility index (Phi) is 4.04. The number of amides is 1. The summed E-state index contributed by atoms with van der Waals surface area (Å²) in [5.41, 5.74) is 1.52. The Hall–Kier alpha value is -3.35. The summed E-state index contributed by atoms with van der Waals surface area (Å²) in [4.78, 5) is 12.5. The SMILES string of the molecule is COc1cc(OC)c2ccn(CC(=O)Nc3ccc4c(c3)OCO4)c2c1. The van der Waals surface area contributed by atoms with Crippen molar-refractivity contribution in [2.24, 2.45) is 0 Å². The van der Waals surface area contributed by atoms with E-state index < -0.39 is 0 Å². The van der Waals surface area contributed by atoms with E-state index in [2.05, 4.69) is 5.32 Å². The largest absolute Gasteiger partial charge is 0.497 e. The molecule has 0 saturated carbocycles. The van der Waals surface area contributed by atoms with E-state index in [1.165, 1.54) is 0 Å². The van der Waals surface area contributed by atoms with Crippen molar-refractivity contribution in [1.29, 1.82) is 0 Å². The lowest BCUT2D eigenvalue weighted by molar-refractivity contribution is -0.116. The van der Waals surface area contributed by atoms with Crippen LogP contribution in [0.3, 0.4) is 0 Å². The first-order valence-electron chi connectivity index (χ1n) is 8.08. The smallest absolute Gasteiger partial charge is 0.244 e. The molecular formula is C19H18N2O5. The summed E-state index contributed by atoms with van der Waals surface area (Å²) >= 11 is 0. The van der Waals surface area contributed by atoms with Gasteiger partial charge in [-0.05, 0) is 18.2 Å². The van der Waals surface area contributed by atoms with Crippen LogP contribution in [0.4, 0.5) is 5.69 Å². The van der Waals surface area contributed by atoms with Gasteiger partial charge in [0, 0.05) is 35.5 Å². The van der Waals surface area contributed by atoms with Crippen molar-refractivity contribution in [1.82, 2.24) is 4.57 Å². The fraction of sp³-hybridized carbons (Fsp3) is 0.211. The Morgan fingerprint density at radius 2 is 1.96 bits per heavy atom. The topological polar surface area (TPSA) is 71.0 Å². The number of benzene rings is 2. The number of hydrogen-bond donors (Lipinski definition) is 1. The number of rotatable bonds is 5. The zero-order valence-electron chi connectivity index (χ0n) is 14.4. The predicted molar refractivity (Wildman–Crippen MR) is 96.2 cm³/mol. The van der Waals surface area contributed by atoms with E-state index in [9.17, 15) is 4.79 Å². The quantitative estimate of drug-likeness (QED) is 0.763. The van der Waals surface area contributed by atoms with Crippen molar-refractivity contribution >= 4 is 22.5 Å². The second-order valence-corrected chi connectivity index (χ2v) is 5.82. The monoisotopic (exact) mass is 354 g/mol. The first kappa shape index (κ1) is 16.1. The normalized spacial score (nSPS) is 12.2. The van der Waals surface area contributed by atoms with Crippen LogP contribution >= 0.6 is 0 Å². The molecule has 7 heteroatoms. The van der Waals surface area contributed by atoms with Gasteiger partial charge in [0.2, 0.25) is 12.7 Å². The molecular weight excluding hydrogens is 336 g/mol. The van der Waals surface area contributed by atoms with Gasteiger partial charge in [-0.2, -0.15) is 0 Å². The summed E-state index contributed by atoms with van der Waals surface area (Å²) in [5.74, 6) is 2.53. The number of ether oxygens (including phenoxy) is 4. The highest BCUT2D eigenvalue weighted by Gasteiger charge is 2.15. The average molecular weight is 354 g/mol. The molecule has 1 aliphatic heterocycles. The predicted octanol–water partition coefficient (Wildman–Crippen LogP) is 3.03. The summed E-state index contributed by atoms with van der Waals surface area (Å²) in [6.07, 6.45) is 1.85. The number of hydrogen-bond acceptors (Lipinski definition) is 5. The molecule has 0 aliphatic carbocycles. The summed E-state index contributed by atoms with van der Waals surface area (Å²) in [5, 5.41) is 3.79. The first-order valence-corrected chi connectivity index (χ1v) is 8.08. The Morgan fingerprint density at radius 3 is 2.77 bits per heavy atom. The van der Waals surface area contributed by atoms with E-state index >= 15 is 0 Å². The molecule has 2 heterocycles. The zero-order chi connectivity index (χ0) is 18.1. The maximum absolute atomic E-state index is 12.5. The second kappa shape index (κ2) is 6.51. The molecule has 2 aromatic carbocycles. The minimum atomic E-state index is -0.150. The molecule has 0 spiro atoms. The second-order valence-electron chi connectivity index (χ2n) is 5.82. The highest BCUT2D eigenvalue weighted by Crippen LogP contribution is 2.34. The lowest BCUT2D eigenvalue weighted by atomic mass is 10.2. The molecule has 0 fully saturated rings. The van der Waals surface area contributed by atoms with Crippen LogP contribution in [0.25, 0.3) is 10.9 Å². The fourth-order valence-electron chi connectivity index (χ4n) is 2.99. The van der Waals surface area contributed by atoms with Crippen LogP contribution in [-0.2, 0) is 11.3 Å². The molecule has 1 aromatic heterocycles. The molecule has 0 saturated heterocycles. The molecule has 3 aromatic rings. The molecule has 0 bridgehead atoms. The van der Waals surface area contributed by atoms with Crippen LogP contribution in [0.15, 0.2) is 42.6 Å². The van der Waals surface area contributed by atoms with E-state index in [-0.39, 0.29) is 19.2 Å². The van der Waals surface area contributed by atoms with Gasteiger partial charge < -0.3 is 28.8 Å². The first-order chi connectivity index (χ1) is 12.7. The number of carbonyl (C=O) groups is 1. The molecule has 0 radical (unpaired) electrons. The van der Waals surface area contributed by atoms with Crippen molar-refractivity contribution in [2.45, 2.75) is 6.54 Å². The number of methoxy groups -OCH3 is 2. The van der Waals surface area contributed by atoms with E-state index in [1.807, 2.05) is 29.0 Å². The van der Waals surface area contributed by atoms with Gasteiger partial charge >= 0.3 is 0 Å². The molecule has 134 valence electrons. The number of aromatic nitrogens is 1. The molecule has 0 unspecified atom stereocenters. The number of carbonyl (C=O) groups excluding carboxylic acids is 1. The van der Waals surface area contributed by atoms with Gasteiger partial charge in [-0.1, -0.05) is 0 Å². The van der Waals surface area contributed by atoms with E-state index in [4.69, 9.17) is 18.9 Å². The molecule has 4 rings (SSSR count). The number of nitrogens with one attached hydrogen (secondary N) is 1. The highest BCUT2D eigenvalue weighted by atomic mass is 16.7. The minimum absolute atomic E-state index is 0.150. The van der Waals surface area contributed by atoms with Crippen molar-refractivity contribution in [3.63, 3.8) is 0 Å². The van der Waals surface area contributed by atoms with Crippen LogP contribution < -0.4 is 24.3 Å². The zero-order valence-corrected chi connectivity index (χ0v) is 14.4. The molecule has 1 amide bonds. The van der Waals surface area contributed by atoms with Crippen LogP contribution in [0, 0.1) is 0 Å². The Balaban J connectivity index is 1.56. The van der Waals surface area contributed by atoms with Crippen molar-refractivity contribution in [3.8, 4) is 23.0 Å². The highest BCUT2D eigenvalue weighted by molar-refractivity contribution is 5.93. The lowest BCUT2D eigenvalue weighted by Crippen LogP contribution is -2.18. The van der Waals surface area contributed by atoms with Crippen LogP contribution in [0.2, 0.25) is 0 Å². The van der Waals surface area contributed by atoms with E-state index in [0.717, 1.165) is 10.9 Å². The standard InChI is InChI=1S/C19H18N2O5/c1-23-13-8-15-14(17(9-13)24-2)5-6-21(15)10-19(22)20-12-3-4-16-18(7-12)26-11-25-16/h3-9H,10-11H2,1-2H3,(H,20,22).